The van der Waals surface area contributed by atoms with Gasteiger partial charge in [-0.1, -0.05) is 18.2 Å². The number of fused-ring (bicyclic) bond motifs is 1. The smallest absolute Gasteiger partial charge is 0.301 e. The van der Waals surface area contributed by atoms with Gasteiger partial charge in [-0.15, -0.1) is 0 Å². The molecule has 1 aromatic carbocycles. The fourth-order valence-corrected chi connectivity index (χ4v) is 3.69. The summed E-state index contributed by atoms with van der Waals surface area (Å²) in [6.07, 6.45) is 3.28. The average Bonchev–Trinajstić information content (AvgIpc) is 2.98. The molecule has 1 aliphatic heterocycles. The quantitative estimate of drug-likeness (QED) is 0.938. The fraction of sp³-hybridized carbons (Fsp3) is 0.286. The topological polar surface area (TPSA) is 62.6 Å². The van der Waals surface area contributed by atoms with Gasteiger partial charge in [0, 0.05) is 6.54 Å². The number of nitrogens with one attached hydrogen (secondary N) is 1. The van der Waals surface area contributed by atoms with E-state index in [1.807, 2.05) is 24.3 Å². The van der Waals surface area contributed by atoms with E-state index in [1.54, 1.807) is 12.1 Å². The summed E-state index contributed by atoms with van der Waals surface area (Å²) in [5.74, 6) is 0.596. The number of aryl methyl sites for hydroxylation is 1. The lowest BCUT2D eigenvalue weighted by Gasteiger charge is -2.30. The fourth-order valence-electron chi connectivity index (χ4n) is 2.40. The van der Waals surface area contributed by atoms with Gasteiger partial charge in [0.1, 0.15) is 5.76 Å². The molecule has 0 amide bonds. The molecule has 106 valence electrons. The third kappa shape index (κ3) is 2.57. The van der Waals surface area contributed by atoms with Crippen LogP contribution in [0.5, 0.6) is 0 Å². The van der Waals surface area contributed by atoms with Crippen LogP contribution in [-0.4, -0.2) is 15.0 Å². The molecule has 0 radical (unpaired) electrons. The Kier molecular flexibility index (Phi) is 3.50. The normalized spacial score (nSPS) is 15.1. The Morgan fingerprint density at radius 2 is 2.05 bits per heavy atom. The summed E-state index contributed by atoms with van der Waals surface area (Å²) in [7, 11) is -3.55. The minimum atomic E-state index is -3.55. The zero-order valence-corrected chi connectivity index (χ0v) is 11.8. The van der Waals surface area contributed by atoms with Crippen LogP contribution in [0.25, 0.3) is 0 Å². The number of benzene rings is 1. The van der Waals surface area contributed by atoms with E-state index in [0.29, 0.717) is 12.3 Å². The summed E-state index contributed by atoms with van der Waals surface area (Å²) < 4.78 is 34.0. The van der Waals surface area contributed by atoms with E-state index in [-0.39, 0.29) is 6.54 Å². The molecule has 0 atom stereocenters. The van der Waals surface area contributed by atoms with Crippen molar-refractivity contribution in [1.82, 2.24) is 4.72 Å². The highest BCUT2D eigenvalue weighted by molar-refractivity contribution is 7.90. The Morgan fingerprint density at radius 3 is 2.85 bits per heavy atom. The Hall–Kier alpha value is -1.79. The Balaban J connectivity index is 1.81. The molecular weight excluding hydrogens is 276 g/mol. The summed E-state index contributed by atoms with van der Waals surface area (Å²) in [4.78, 5) is 0. The van der Waals surface area contributed by atoms with Crippen LogP contribution in [0.4, 0.5) is 5.69 Å². The molecule has 6 heteroatoms. The van der Waals surface area contributed by atoms with Crippen molar-refractivity contribution in [2.24, 2.45) is 0 Å². The van der Waals surface area contributed by atoms with Crippen LogP contribution < -0.4 is 9.03 Å². The lowest BCUT2D eigenvalue weighted by molar-refractivity contribution is 0.497. The number of nitrogens with zero attached hydrogens (tertiary/aromatic N) is 1. The van der Waals surface area contributed by atoms with Crippen LogP contribution >= 0.6 is 0 Å². The Labute approximate surface area is 118 Å². The van der Waals surface area contributed by atoms with E-state index in [9.17, 15) is 8.42 Å². The summed E-state index contributed by atoms with van der Waals surface area (Å²) in [6.45, 7) is 0.665. The Morgan fingerprint density at radius 1 is 1.20 bits per heavy atom. The van der Waals surface area contributed by atoms with Gasteiger partial charge in [-0.05, 0) is 36.6 Å². The van der Waals surface area contributed by atoms with Crippen LogP contribution in [0, 0.1) is 0 Å². The van der Waals surface area contributed by atoms with E-state index < -0.39 is 10.2 Å². The molecular formula is C14H16N2O3S. The van der Waals surface area contributed by atoms with Gasteiger partial charge in [0.2, 0.25) is 0 Å². The lowest BCUT2D eigenvalue weighted by atomic mass is 10.0. The number of para-hydroxylation sites is 1. The van der Waals surface area contributed by atoms with Gasteiger partial charge in [0.25, 0.3) is 0 Å². The van der Waals surface area contributed by atoms with Crippen molar-refractivity contribution in [2.75, 3.05) is 10.8 Å². The lowest BCUT2D eigenvalue weighted by Crippen LogP contribution is -2.43. The largest absolute Gasteiger partial charge is 0.468 e. The maximum absolute atomic E-state index is 12.4. The highest BCUT2D eigenvalue weighted by Gasteiger charge is 2.26. The van der Waals surface area contributed by atoms with Crippen LogP contribution in [0.3, 0.4) is 0 Å². The molecule has 1 N–H and O–H groups in total. The van der Waals surface area contributed by atoms with Gasteiger partial charge in [-0.25, -0.2) is 0 Å². The van der Waals surface area contributed by atoms with Crippen molar-refractivity contribution < 1.29 is 12.8 Å². The van der Waals surface area contributed by atoms with E-state index in [4.69, 9.17) is 4.42 Å². The molecule has 1 aliphatic rings. The molecule has 0 saturated carbocycles. The minimum absolute atomic E-state index is 0.161. The highest BCUT2D eigenvalue weighted by Crippen LogP contribution is 2.28. The molecule has 0 fully saturated rings. The zero-order chi connectivity index (χ0) is 14.0. The van der Waals surface area contributed by atoms with Crippen molar-refractivity contribution in [2.45, 2.75) is 19.4 Å². The van der Waals surface area contributed by atoms with Gasteiger partial charge < -0.3 is 4.42 Å². The van der Waals surface area contributed by atoms with Crippen molar-refractivity contribution in [3.05, 3.63) is 54.0 Å². The summed E-state index contributed by atoms with van der Waals surface area (Å²) in [6, 6.07) is 11.1. The van der Waals surface area contributed by atoms with E-state index >= 15 is 0 Å². The monoisotopic (exact) mass is 292 g/mol. The average molecular weight is 292 g/mol. The van der Waals surface area contributed by atoms with Gasteiger partial charge in [-0.3, -0.25) is 4.31 Å². The second kappa shape index (κ2) is 5.30. The van der Waals surface area contributed by atoms with E-state index in [2.05, 4.69) is 4.72 Å². The molecule has 0 aliphatic carbocycles. The summed E-state index contributed by atoms with van der Waals surface area (Å²) >= 11 is 0. The number of hydrogen-bond donors (Lipinski definition) is 1. The first kappa shape index (κ1) is 13.2. The molecule has 2 heterocycles. The van der Waals surface area contributed by atoms with E-state index in [0.717, 1.165) is 24.1 Å². The molecule has 5 nitrogen and oxygen atoms in total. The van der Waals surface area contributed by atoms with Crippen molar-refractivity contribution in [3.8, 4) is 0 Å². The summed E-state index contributed by atoms with van der Waals surface area (Å²) in [5.41, 5.74) is 1.84. The number of rotatable bonds is 4. The van der Waals surface area contributed by atoms with E-state index in [1.165, 1.54) is 10.6 Å². The van der Waals surface area contributed by atoms with Gasteiger partial charge in [-0.2, -0.15) is 13.1 Å². The molecule has 0 spiro atoms. The highest BCUT2D eigenvalue weighted by atomic mass is 32.2. The van der Waals surface area contributed by atoms with Gasteiger partial charge in [0.15, 0.2) is 0 Å². The number of furan rings is 1. The maximum atomic E-state index is 12.4. The molecule has 0 unspecified atom stereocenters. The first-order valence-corrected chi connectivity index (χ1v) is 7.98. The zero-order valence-electron chi connectivity index (χ0n) is 11.0. The second-order valence-electron chi connectivity index (χ2n) is 4.71. The maximum Gasteiger partial charge on any atom is 0.301 e. The van der Waals surface area contributed by atoms with Crippen molar-refractivity contribution in [1.29, 1.82) is 0 Å². The van der Waals surface area contributed by atoms with Gasteiger partial charge >= 0.3 is 10.2 Å². The minimum Gasteiger partial charge on any atom is -0.468 e. The molecule has 0 saturated heterocycles. The van der Waals surface area contributed by atoms with Crippen molar-refractivity contribution in [3.63, 3.8) is 0 Å². The van der Waals surface area contributed by atoms with Crippen LogP contribution in [0.2, 0.25) is 0 Å². The number of hydrogen-bond acceptors (Lipinski definition) is 3. The predicted molar refractivity (Wildman–Crippen MR) is 76.6 cm³/mol. The first-order chi connectivity index (χ1) is 9.67. The predicted octanol–water partition coefficient (Wildman–Crippen LogP) is 2.07. The molecule has 2 aromatic rings. The van der Waals surface area contributed by atoms with Crippen molar-refractivity contribution >= 4 is 15.9 Å². The van der Waals surface area contributed by atoms with Crippen LogP contribution in [0.1, 0.15) is 17.7 Å². The molecule has 20 heavy (non-hydrogen) atoms. The SMILES string of the molecule is O=S(=O)(NCc1ccco1)N1CCCc2ccccc21. The molecule has 0 bridgehead atoms. The second-order valence-corrected chi connectivity index (χ2v) is 6.39. The number of anilines is 1. The third-order valence-corrected chi connectivity index (χ3v) is 4.84. The Bertz CT molecular complexity index is 680. The summed E-state index contributed by atoms with van der Waals surface area (Å²) in [5, 5.41) is 0. The standard InChI is InChI=1S/C14H16N2O3S/c17-20(18,15-11-13-7-4-10-19-13)16-9-3-6-12-5-1-2-8-14(12)16/h1-2,4-5,7-8,10,15H,3,6,9,11H2. The molecule has 3 rings (SSSR count). The molecule has 1 aromatic heterocycles. The third-order valence-electron chi connectivity index (χ3n) is 3.37. The van der Waals surface area contributed by atoms with Crippen LogP contribution in [0.15, 0.2) is 47.1 Å². The van der Waals surface area contributed by atoms with Gasteiger partial charge in [0.05, 0.1) is 18.5 Å². The first-order valence-electron chi connectivity index (χ1n) is 6.54. The van der Waals surface area contributed by atoms with Crippen LogP contribution in [-0.2, 0) is 23.2 Å².